The van der Waals surface area contributed by atoms with Crippen LogP contribution in [0.2, 0.25) is 0 Å². The number of ether oxygens (including phenoxy) is 1. The van der Waals surface area contributed by atoms with Gasteiger partial charge in [0.15, 0.2) is 0 Å². The number of nitrogens with zero attached hydrogens (tertiary/aromatic N) is 2. The maximum Gasteiger partial charge on any atom is 0.240 e. The minimum absolute atomic E-state index is 0.231. The number of hydrazine groups is 1. The number of anilines is 1. The number of aryl methyl sites for hydroxylation is 1. The number of rotatable bonds is 4. The Bertz CT molecular complexity index is 338. The van der Waals surface area contributed by atoms with Crippen LogP contribution in [0.5, 0.6) is 5.88 Å². The molecular formula is C10H18N4O. The lowest BCUT2D eigenvalue weighted by Crippen LogP contribution is -2.28. The molecule has 0 radical (unpaired) electrons. The summed E-state index contributed by atoms with van der Waals surface area (Å²) < 4.78 is 5.78. The number of hydrogen-bond acceptors (Lipinski definition) is 5. The standard InChI is InChI=1S/C10H18N4O/c1-5-10(3,4)15-8-7(2)6-12-9(13-8)14-11/h6H,5,11H2,1-4H3,(H,12,13,14). The first-order valence-corrected chi connectivity index (χ1v) is 4.98. The average Bonchev–Trinajstić information content (AvgIpc) is 2.21. The van der Waals surface area contributed by atoms with Crippen LogP contribution in [-0.2, 0) is 0 Å². The van der Waals surface area contributed by atoms with Crippen LogP contribution in [0.1, 0.15) is 32.8 Å². The summed E-state index contributed by atoms with van der Waals surface area (Å²) in [4.78, 5) is 8.14. The molecule has 84 valence electrons. The van der Waals surface area contributed by atoms with Gasteiger partial charge < -0.3 is 4.74 Å². The van der Waals surface area contributed by atoms with Crippen molar-refractivity contribution < 1.29 is 4.74 Å². The Balaban J connectivity index is 2.93. The molecule has 0 bridgehead atoms. The molecule has 1 aromatic heterocycles. The molecule has 0 aliphatic carbocycles. The fourth-order valence-electron chi connectivity index (χ4n) is 0.933. The van der Waals surface area contributed by atoms with Gasteiger partial charge in [-0.05, 0) is 27.2 Å². The molecule has 0 aromatic carbocycles. The molecule has 5 nitrogen and oxygen atoms in total. The summed E-state index contributed by atoms with van der Waals surface area (Å²) in [5.41, 5.74) is 3.06. The minimum Gasteiger partial charge on any atom is -0.471 e. The molecule has 0 saturated heterocycles. The number of nitrogens with two attached hydrogens (primary N) is 1. The van der Waals surface area contributed by atoms with Gasteiger partial charge >= 0.3 is 0 Å². The van der Waals surface area contributed by atoms with Gasteiger partial charge in [-0.15, -0.1) is 0 Å². The van der Waals surface area contributed by atoms with E-state index in [1.54, 1.807) is 6.20 Å². The number of hydrogen-bond donors (Lipinski definition) is 2. The molecule has 0 spiro atoms. The van der Waals surface area contributed by atoms with Crippen molar-refractivity contribution in [1.29, 1.82) is 0 Å². The van der Waals surface area contributed by atoms with E-state index in [0.717, 1.165) is 12.0 Å². The summed E-state index contributed by atoms with van der Waals surface area (Å²) in [6.07, 6.45) is 2.59. The zero-order chi connectivity index (χ0) is 11.5. The van der Waals surface area contributed by atoms with Crippen molar-refractivity contribution in [2.75, 3.05) is 5.43 Å². The highest BCUT2D eigenvalue weighted by atomic mass is 16.5. The van der Waals surface area contributed by atoms with Gasteiger partial charge in [-0.2, -0.15) is 4.98 Å². The maximum atomic E-state index is 5.78. The molecule has 3 N–H and O–H groups in total. The van der Waals surface area contributed by atoms with Gasteiger partial charge in [0.2, 0.25) is 11.8 Å². The van der Waals surface area contributed by atoms with Gasteiger partial charge in [-0.3, -0.25) is 5.43 Å². The summed E-state index contributed by atoms with van der Waals surface area (Å²) in [5.74, 6) is 6.17. The van der Waals surface area contributed by atoms with Crippen molar-refractivity contribution in [3.05, 3.63) is 11.8 Å². The second kappa shape index (κ2) is 4.44. The topological polar surface area (TPSA) is 73.1 Å². The third-order valence-electron chi connectivity index (χ3n) is 2.28. The second-order valence-corrected chi connectivity index (χ2v) is 4.04. The van der Waals surface area contributed by atoms with E-state index in [1.807, 2.05) is 20.8 Å². The molecule has 0 aliphatic rings. The third-order valence-corrected chi connectivity index (χ3v) is 2.28. The minimum atomic E-state index is -0.231. The molecule has 0 atom stereocenters. The molecule has 0 saturated carbocycles. The molecular weight excluding hydrogens is 192 g/mol. The van der Waals surface area contributed by atoms with Crippen LogP contribution in [0.25, 0.3) is 0 Å². The van der Waals surface area contributed by atoms with E-state index < -0.39 is 0 Å². The van der Waals surface area contributed by atoms with E-state index >= 15 is 0 Å². The highest BCUT2D eigenvalue weighted by molar-refractivity contribution is 5.31. The lowest BCUT2D eigenvalue weighted by molar-refractivity contribution is 0.0980. The number of aromatic nitrogens is 2. The maximum absolute atomic E-state index is 5.78. The highest BCUT2D eigenvalue weighted by Gasteiger charge is 2.19. The zero-order valence-corrected chi connectivity index (χ0v) is 9.66. The van der Waals surface area contributed by atoms with Gasteiger partial charge in [0.1, 0.15) is 5.60 Å². The van der Waals surface area contributed by atoms with Gasteiger partial charge in [0, 0.05) is 11.8 Å². The zero-order valence-electron chi connectivity index (χ0n) is 9.66. The predicted octanol–water partition coefficient (Wildman–Crippen LogP) is 1.64. The van der Waals surface area contributed by atoms with Crippen LogP contribution in [0.3, 0.4) is 0 Å². The van der Waals surface area contributed by atoms with E-state index in [1.165, 1.54) is 0 Å². The highest BCUT2D eigenvalue weighted by Crippen LogP contribution is 2.22. The summed E-state index contributed by atoms with van der Waals surface area (Å²) >= 11 is 0. The molecule has 0 aliphatic heterocycles. The largest absolute Gasteiger partial charge is 0.471 e. The molecule has 1 heterocycles. The molecule has 5 heteroatoms. The fourth-order valence-corrected chi connectivity index (χ4v) is 0.933. The second-order valence-electron chi connectivity index (χ2n) is 4.04. The van der Waals surface area contributed by atoms with E-state index in [-0.39, 0.29) is 5.60 Å². The average molecular weight is 210 g/mol. The fraction of sp³-hybridized carbons (Fsp3) is 0.600. The quantitative estimate of drug-likeness (QED) is 0.583. The summed E-state index contributed by atoms with van der Waals surface area (Å²) in [6.45, 7) is 8.01. The van der Waals surface area contributed by atoms with Gasteiger partial charge in [0.05, 0.1) is 0 Å². The molecule has 0 amide bonds. The monoisotopic (exact) mass is 210 g/mol. The van der Waals surface area contributed by atoms with E-state index in [2.05, 4.69) is 22.3 Å². The smallest absolute Gasteiger partial charge is 0.240 e. The first kappa shape index (κ1) is 11.7. The van der Waals surface area contributed by atoms with E-state index in [0.29, 0.717) is 11.8 Å². The first-order chi connectivity index (χ1) is 6.98. The van der Waals surface area contributed by atoms with Gasteiger partial charge in [-0.25, -0.2) is 10.8 Å². The third kappa shape index (κ3) is 3.06. The molecule has 15 heavy (non-hydrogen) atoms. The summed E-state index contributed by atoms with van der Waals surface area (Å²) in [7, 11) is 0. The van der Waals surface area contributed by atoms with Crippen molar-refractivity contribution in [2.45, 2.75) is 39.7 Å². The van der Waals surface area contributed by atoms with Crippen LogP contribution < -0.4 is 16.0 Å². The lowest BCUT2D eigenvalue weighted by atomic mass is 10.1. The van der Waals surface area contributed by atoms with Crippen molar-refractivity contribution in [1.82, 2.24) is 9.97 Å². The predicted molar refractivity (Wildman–Crippen MR) is 59.6 cm³/mol. The van der Waals surface area contributed by atoms with Crippen molar-refractivity contribution in [2.24, 2.45) is 5.84 Å². The van der Waals surface area contributed by atoms with Crippen LogP contribution >= 0.6 is 0 Å². The van der Waals surface area contributed by atoms with Crippen molar-refractivity contribution in [3.8, 4) is 5.88 Å². The molecule has 0 unspecified atom stereocenters. The van der Waals surface area contributed by atoms with Crippen LogP contribution in [0.15, 0.2) is 6.20 Å². The van der Waals surface area contributed by atoms with Gasteiger partial charge in [-0.1, -0.05) is 6.92 Å². The molecule has 1 aromatic rings. The lowest BCUT2D eigenvalue weighted by Gasteiger charge is -2.24. The number of nitrogens with one attached hydrogen (secondary N) is 1. The van der Waals surface area contributed by atoms with Crippen molar-refractivity contribution >= 4 is 5.95 Å². The Morgan fingerprint density at radius 2 is 2.20 bits per heavy atom. The Morgan fingerprint density at radius 3 is 2.73 bits per heavy atom. The van der Waals surface area contributed by atoms with Crippen LogP contribution in [0.4, 0.5) is 5.95 Å². The van der Waals surface area contributed by atoms with Crippen molar-refractivity contribution in [3.63, 3.8) is 0 Å². The summed E-state index contributed by atoms with van der Waals surface area (Å²) in [5, 5.41) is 0. The van der Waals surface area contributed by atoms with E-state index in [4.69, 9.17) is 10.6 Å². The summed E-state index contributed by atoms with van der Waals surface area (Å²) in [6, 6.07) is 0. The number of nitrogen functional groups attached to an aromatic ring is 1. The Morgan fingerprint density at radius 1 is 1.53 bits per heavy atom. The van der Waals surface area contributed by atoms with Gasteiger partial charge in [0.25, 0.3) is 0 Å². The Kier molecular flexibility index (Phi) is 3.47. The SMILES string of the molecule is CCC(C)(C)Oc1nc(NN)ncc1C. The first-order valence-electron chi connectivity index (χ1n) is 4.98. The molecule has 1 rings (SSSR count). The normalized spacial score (nSPS) is 11.3. The Hall–Kier alpha value is -1.36. The Labute approximate surface area is 90.0 Å². The van der Waals surface area contributed by atoms with E-state index in [9.17, 15) is 0 Å². The van der Waals surface area contributed by atoms with Crippen LogP contribution in [0, 0.1) is 6.92 Å². The molecule has 0 fully saturated rings. The van der Waals surface area contributed by atoms with Crippen LogP contribution in [-0.4, -0.2) is 15.6 Å².